The van der Waals surface area contributed by atoms with Crippen LogP contribution in [0.1, 0.15) is 43.9 Å². The summed E-state index contributed by atoms with van der Waals surface area (Å²) in [5.41, 5.74) is 2.50. The minimum absolute atomic E-state index is 0.408. The number of hydrogen-bond donors (Lipinski definition) is 1. The van der Waals surface area contributed by atoms with Gasteiger partial charge in [-0.25, -0.2) is 0 Å². The number of hydrogen-bond acceptors (Lipinski definition) is 2. The second-order valence-electron chi connectivity index (χ2n) is 5.26. The van der Waals surface area contributed by atoms with E-state index < -0.39 is 0 Å². The highest BCUT2D eigenvalue weighted by molar-refractivity contribution is 5.31. The van der Waals surface area contributed by atoms with Crippen molar-refractivity contribution in [1.29, 1.82) is 0 Å². The molecule has 0 amide bonds. The van der Waals surface area contributed by atoms with Crippen molar-refractivity contribution < 1.29 is 4.74 Å². The molecule has 112 valence electrons. The summed E-state index contributed by atoms with van der Waals surface area (Å²) in [5.74, 6) is 0.938. The topological polar surface area (TPSA) is 21.3 Å². The first-order chi connectivity index (χ1) is 10.3. The van der Waals surface area contributed by atoms with E-state index >= 15 is 0 Å². The van der Waals surface area contributed by atoms with Crippen molar-refractivity contribution in [3.63, 3.8) is 0 Å². The third kappa shape index (κ3) is 4.91. The Balaban J connectivity index is 1.99. The fourth-order valence-electron chi connectivity index (χ4n) is 2.38. The summed E-state index contributed by atoms with van der Waals surface area (Å²) in [6.07, 6.45) is 2.24. The fraction of sp³-hybridized carbons (Fsp3) is 0.368. The van der Waals surface area contributed by atoms with Gasteiger partial charge in [0.1, 0.15) is 12.4 Å². The van der Waals surface area contributed by atoms with Crippen LogP contribution in [0.5, 0.6) is 5.75 Å². The smallest absolute Gasteiger partial charge is 0.120 e. The molecule has 0 bridgehead atoms. The summed E-state index contributed by atoms with van der Waals surface area (Å²) in [7, 11) is 0. The van der Waals surface area contributed by atoms with E-state index in [1.165, 1.54) is 11.1 Å². The third-order valence-electron chi connectivity index (χ3n) is 3.56. The SMILES string of the molecule is CCCNC(CC)c1cccc(OCc2ccccc2)c1. The van der Waals surface area contributed by atoms with Gasteiger partial charge in [0.15, 0.2) is 0 Å². The van der Waals surface area contributed by atoms with Crippen LogP contribution >= 0.6 is 0 Å². The maximum Gasteiger partial charge on any atom is 0.120 e. The van der Waals surface area contributed by atoms with Gasteiger partial charge >= 0.3 is 0 Å². The van der Waals surface area contributed by atoms with Crippen molar-refractivity contribution in [2.75, 3.05) is 6.54 Å². The van der Waals surface area contributed by atoms with E-state index in [-0.39, 0.29) is 0 Å². The standard InChI is InChI=1S/C19H25NO/c1-3-13-20-19(4-2)17-11-8-12-18(14-17)21-15-16-9-6-5-7-10-16/h5-12,14,19-20H,3-4,13,15H2,1-2H3. The molecule has 2 heteroatoms. The molecule has 2 nitrogen and oxygen atoms in total. The highest BCUT2D eigenvalue weighted by Gasteiger charge is 2.08. The summed E-state index contributed by atoms with van der Waals surface area (Å²) in [5, 5.41) is 3.58. The highest BCUT2D eigenvalue weighted by atomic mass is 16.5. The van der Waals surface area contributed by atoms with E-state index in [1.54, 1.807) is 0 Å². The minimum Gasteiger partial charge on any atom is -0.489 e. The van der Waals surface area contributed by atoms with Gasteiger partial charge in [0.25, 0.3) is 0 Å². The molecule has 1 unspecified atom stereocenters. The Labute approximate surface area is 128 Å². The average molecular weight is 283 g/mol. The Morgan fingerprint density at radius 3 is 2.52 bits per heavy atom. The Bertz CT molecular complexity index is 524. The molecule has 0 aromatic heterocycles. The molecule has 0 aliphatic heterocycles. The maximum absolute atomic E-state index is 5.90. The molecule has 0 saturated carbocycles. The van der Waals surface area contributed by atoms with Gasteiger partial charge < -0.3 is 10.1 Å². The molecule has 0 radical (unpaired) electrons. The number of benzene rings is 2. The van der Waals surface area contributed by atoms with Gasteiger partial charge in [0.05, 0.1) is 0 Å². The minimum atomic E-state index is 0.408. The van der Waals surface area contributed by atoms with Crippen molar-refractivity contribution >= 4 is 0 Å². The largest absolute Gasteiger partial charge is 0.489 e. The van der Waals surface area contributed by atoms with Crippen molar-refractivity contribution in [2.24, 2.45) is 0 Å². The number of nitrogens with one attached hydrogen (secondary N) is 1. The van der Waals surface area contributed by atoms with E-state index in [1.807, 2.05) is 24.3 Å². The lowest BCUT2D eigenvalue weighted by Crippen LogP contribution is -2.21. The summed E-state index contributed by atoms with van der Waals surface area (Å²) in [6, 6.07) is 19.1. The molecule has 0 saturated heterocycles. The van der Waals surface area contributed by atoms with Crippen molar-refractivity contribution in [3.05, 3.63) is 65.7 Å². The van der Waals surface area contributed by atoms with Gasteiger partial charge in [0, 0.05) is 6.04 Å². The van der Waals surface area contributed by atoms with Gasteiger partial charge in [-0.2, -0.15) is 0 Å². The summed E-state index contributed by atoms with van der Waals surface area (Å²) in [4.78, 5) is 0. The molecular formula is C19H25NO. The van der Waals surface area contributed by atoms with Crippen LogP contribution in [0.15, 0.2) is 54.6 Å². The molecule has 0 heterocycles. The predicted molar refractivity (Wildman–Crippen MR) is 88.5 cm³/mol. The maximum atomic E-state index is 5.90. The molecule has 0 spiro atoms. The zero-order valence-corrected chi connectivity index (χ0v) is 13.0. The predicted octanol–water partition coefficient (Wildman–Crippen LogP) is 4.72. The second kappa shape index (κ2) is 8.48. The first-order valence-electron chi connectivity index (χ1n) is 7.83. The van der Waals surface area contributed by atoms with Gasteiger partial charge in [0.2, 0.25) is 0 Å². The molecule has 1 N–H and O–H groups in total. The van der Waals surface area contributed by atoms with Crippen LogP contribution in [-0.4, -0.2) is 6.54 Å². The Morgan fingerprint density at radius 1 is 1.00 bits per heavy atom. The van der Waals surface area contributed by atoms with Crippen molar-refractivity contribution in [1.82, 2.24) is 5.32 Å². The van der Waals surface area contributed by atoms with Gasteiger partial charge in [-0.1, -0.05) is 56.3 Å². The first-order valence-corrected chi connectivity index (χ1v) is 7.83. The zero-order chi connectivity index (χ0) is 14.9. The van der Waals surface area contributed by atoms with E-state index in [2.05, 4.69) is 49.5 Å². The molecular weight excluding hydrogens is 258 g/mol. The normalized spacial score (nSPS) is 12.1. The van der Waals surface area contributed by atoms with Crippen molar-refractivity contribution in [2.45, 2.75) is 39.3 Å². The summed E-state index contributed by atoms with van der Waals surface area (Å²) < 4.78 is 5.90. The van der Waals surface area contributed by atoms with Crippen LogP contribution in [0.25, 0.3) is 0 Å². The monoisotopic (exact) mass is 283 g/mol. The molecule has 2 aromatic carbocycles. The Kier molecular flexibility index (Phi) is 6.29. The third-order valence-corrected chi connectivity index (χ3v) is 3.56. The van der Waals surface area contributed by atoms with Crippen LogP contribution < -0.4 is 10.1 Å². The van der Waals surface area contributed by atoms with Crippen LogP contribution in [-0.2, 0) is 6.61 Å². The van der Waals surface area contributed by atoms with Gasteiger partial charge in [-0.05, 0) is 42.6 Å². The lowest BCUT2D eigenvalue weighted by Gasteiger charge is -2.18. The molecule has 1 atom stereocenters. The molecule has 2 aromatic rings. The van der Waals surface area contributed by atoms with Crippen LogP contribution in [0, 0.1) is 0 Å². The Hall–Kier alpha value is -1.80. The molecule has 0 aliphatic rings. The van der Waals surface area contributed by atoms with Crippen molar-refractivity contribution in [3.8, 4) is 5.75 Å². The molecule has 21 heavy (non-hydrogen) atoms. The lowest BCUT2D eigenvalue weighted by molar-refractivity contribution is 0.305. The average Bonchev–Trinajstić information content (AvgIpc) is 2.55. The summed E-state index contributed by atoms with van der Waals surface area (Å²) in [6.45, 7) is 6.07. The highest BCUT2D eigenvalue weighted by Crippen LogP contribution is 2.22. The molecule has 2 rings (SSSR count). The van der Waals surface area contributed by atoms with Crippen LogP contribution in [0.4, 0.5) is 0 Å². The quantitative estimate of drug-likeness (QED) is 0.757. The van der Waals surface area contributed by atoms with Gasteiger partial charge in [-0.15, -0.1) is 0 Å². The Morgan fingerprint density at radius 2 is 1.81 bits per heavy atom. The lowest BCUT2D eigenvalue weighted by atomic mass is 10.0. The molecule has 0 fully saturated rings. The van der Waals surface area contributed by atoms with E-state index in [9.17, 15) is 0 Å². The van der Waals surface area contributed by atoms with E-state index in [4.69, 9.17) is 4.74 Å². The number of ether oxygens (including phenoxy) is 1. The first kappa shape index (κ1) is 15.6. The van der Waals surface area contributed by atoms with Gasteiger partial charge in [-0.3, -0.25) is 0 Å². The van der Waals surface area contributed by atoms with E-state index in [0.29, 0.717) is 12.6 Å². The molecule has 0 aliphatic carbocycles. The second-order valence-corrected chi connectivity index (χ2v) is 5.26. The zero-order valence-electron chi connectivity index (χ0n) is 13.0. The van der Waals surface area contributed by atoms with Crippen LogP contribution in [0.2, 0.25) is 0 Å². The van der Waals surface area contributed by atoms with Crippen LogP contribution in [0.3, 0.4) is 0 Å². The fourth-order valence-corrected chi connectivity index (χ4v) is 2.38. The number of rotatable bonds is 8. The van der Waals surface area contributed by atoms with E-state index in [0.717, 1.165) is 25.1 Å². The summed E-state index contributed by atoms with van der Waals surface area (Å²) >= 11 is 0.